The zero-order chi connectivity index (χ0) is 21.2. The van der Waals surface area contributed by atoms with Crippen molar-refractivity contribution in [3.05, 3.63) is 35.4 Å². The number of nitrogens with two attached hydrogens (primary N) is 2. The van der Waals surface area contributed by atoms with Crippen LogP contribution in [0.2, 0.25) is 0 Å². The van der Waals surface area contributed by atoms with Gasteiger partial charge in [-0.15, -0.1) is 0 Å². The molecule has 6 N–H and O–H groups in total. The monoisotopic (exact) mass is 402 g/mol. The average molecular weight is 402 g/mol. The van der Waals surface area contributed by atoms with Crippen LogP contribution < -0.4 is 22.1 Å². The molecule has 1 fully saturated rings. The van der Waals surface area contributed by atoms with E-state index in [1.807, 2.05) is 19.1 Å². The quantitative estimate of drug-likeness (QED) is 0.356. The molecule has 1 aliphatic heterocycles. The highest BCUT2D eigenvalue weighted by Gasteiger charge is 2.23. The lowest BCUT2D eigenvalue weighted by atomic mass is 9.95. The third kappa shape index (κ3) is 7.44. The molecule has 1 saturated heterocycles. The summed E-state index contributed by atoms with van der Waals surface area (Å²) in [6.07, 6.45) is 2.39. The van der Waals surface area contributed by atoms with Crippen molar-refractivity contribution in [2.75, 3.05) is 26.2 Å². The molecule has 0 aromatic heterocycles. The van der Waals surface area contributed by atoms with Gasteiger partial charge in [0.1, 0.15) is 0 Å². The maximum atomic E-state index is 11.9. The van der Waals surface area contributed by atoms with E-state index in [0.717, 1.165) is 44.0 Å². The number of rotatable bonds is 8. The molecule has 0 bridgehead atoms. The number of guanidine groups is 1. The minimum Gasteiger partial charge on any atom is -0.370 e. The van der Waals surface area contributed by atoms with Crippen LogP contribution >= 0.6 is 0 Å². The molecule has 9 nitrogen and oxygen atoms in total. The van der Waals surface area contributed by atoms with Gasteiger partial charge in [0.2, 0.25) is 11.8 Å². The zero-order valence-corrected chi connectivity index (χ0v) is 16.8. The molecular formula is C20H30N6O3. The van der Waals surface area contributed by atoms with Crippen LogP contribution in [0.3, 0.4) is 0 Å². The van der Waals surface area contributed by atoms with Crippen molar-refractivity contribution < 1.29 is 14.4 Å². The Labute approximate surface area is 170 Å². The van der Waals surface area contributed by atoms with Gasteiger partial charge in [-0.1, -0.05) is 12.1 Å². The molecule has 1 heterocycles. The summed E-state index contributed by atoms with van der Waals surface area (Å²) >= 11 is 0. The predicted octanol–water partition coefficient (Wildman–Crippen LogP) is -0.0454. The standard InChI is InChI=1S/C20H30N6O3/c1-2-23-20(26-9-3-4-15(13-26)10-17(21)27)25-11-14-5-7-16(8-6-14)19(29)24-12-18(22)28/h5-8,15H,2-4,9-13H2,1H3,(H2,21,27)(H2,22,28)(H,23,25)(H,24,29). The number of likely N-dealkylation sites (tertiary alicyclic amines) is 1. The molecule has 1 atom stereocenters. The van der Waals surface area contributed by atoms with Crippen LogP contribution in [0.15, 0.2) is 29.3 Å². The van der Waals surface area contributed by atoms with Crippen molar-refractivity contribution in [1.82, 2.24) is 15.5 Å². The second-order valence-corrected chi connectivity index (χ2v) is 7.14. The molecule has 1 aromatic carbocycles. The third-order valence-electron chi connectivity index (χ3n) is 4.69. The molecule has 158 valence electrons. The number of carbonyl (C=O) groups excluding carboxylic acids is 3. The minimum atomic E-state index is -0.587. The number of piperidine rings is 1. The minimum absolute atomic E-state index is 0.191. The Bertz CT molecular complexity index is 747. The highest BCUT2D eigenvalue weighted by atomic mass is 16.2. The second kappa shape index (κ2) is 11.0. The summed E-state index contributed by atoms with van der Waals surface area (Å²) in [5.74, 6) is -0.135. The van der Waals surface area contributed by atoms with Crippen LogP contribution in [0.1, 0.15) is 42.1 Å². The van der Waals surface area contributed by atoms with E-state index >= 15 is 0 Å². The summed E-state index contributed by atoms with van der Waals surface area (Å²) in [5, 5.41) is 5.76. The van der Waals surface area contributed by atoms with E-state index in [0.29, 0.717) is 18.5 Å². The molecule has 9 heteroatoms. The van der Waals surface area contributed by atoms with Gasteiger partial charge in [0, 0.05) is 31.6 Å². The number of hydrogen-bond acceptors (Lipinski definition) is 4. The Hall–Kier alpha value is -3.10. The van der Waals surface area contributed by atoms with Crippen LogP contribution in [0, 0.1) is 5.92 Å². The SMILES string of the molecule is CCNC(=NCc1ccc(C(=O)NCC(N)=O)cc1)N1CCCC(CC(N)=O)C1. The summed E-state index contributed by atoms with van der Waals surface area (Å²) in [4.78, 5) is 40.8. The molecular weight excluding hydrogens is 372 g/mol. The fourth-order valence-electron chi connectivity index (χ4n) is 3.33. The first-order chi connectivity index (χ1) is 13.9. The van der Waals surface area contributed by atoms with Crippen LogP contribution in [0.5, 0.6) is 0 Å². The fourth-order valence-corrected chi connectivity index (χ4v) is 3.33. The van der Waals surface area contributed by atoms with Crippen LogP contribution in [-0.2, 0) is 16.1 Å². The number of benzene rings is 1. The molecule has 1 aliphatic rings. The summed E-state index contributed by atoms with van der Waals surface area (Å²) in [6.45, 7) is 4.68. The predicted molar refractivity (Wildman–Crippen MR) is 111 cm³/mol. The number of carbonyl (C=O) groups is 3. The number of hydrogen-bond donors (Lipinski definition) is 4. The smallest absolute Gasteiger partial charge is 0.251 e. The molecule has 1 aromatic rings. The number of nitrogens with zero attached hydrogens (tertiary/aromatic N) is 2. The number of nitrogens with one attached hydrogen (secondary N) is 2. The van der Waals surface area contributed by atoms with Gasteiger partial charge in [0.25, 0.3) is 5.91 Å². The van der Waals surface area contributed by atoms with E-state index in [1.54, 1.807) is 12.1 Å². The first-order valence-electron chi connectivity index (χ1n) is 9.86. The van der Waals surface area contributed by atoms with Gasteiger partial charge in [-0.2, -0.15) is 0 Å². The summed E-state index contributed by atoms with van der Waals surface area (Å²) in [6, 6.07) is 7.05. The van der Waals surface area contributed by atoms with Gasteiger partial charge in [-0.05, 0) is 43.4 Å². The Balaban J connectivity index is 1.99. The Kier molecular flexibility index (Phi) is 8.45. The van der Waals surface area contributed by atoms with Gasteiger partial charge in [0.15, 0.2) is 5.96 Å². The Morgan fingerprint density at radius 3 is 2.48 bits per heavy atom. The van der Waals surface area contributed by atoms with Crippen molar-refractivity contribution in [3.8, 4) is 0 Å². The lowest BCUT2D eigenvalue weighted by Gasteiger charge is -2.34. The maximum Gasteiger partial charge on any atom is 0.251 e. The van der Waals surface area contributed by atoms with Crippen molar-refractivity contribution in [1.29, 1.82) is 0 Å². The lowest BCUT2D eigenvalue weighted by molar-refractivity contribution is -0.119. The Morgan fingerprint density at radius 1 is 1.14 bits per heavy atom. The van der Waals surface area contributed by atoms with Gasteiger partial charge >= 0.3 is 0 Å². The highest BCUT2D eigenvalue weighted by molar-refractivity contribution is 5.96. The van der Waals surface area contributed by atoms with E-state index in [2.05, 4.69) is 15.5 Å². The Morgan fingerprint density at radius 2 is 1.86 bits per heavy atom. The van der Waals surface area contributed by atoms with Crippen molar-refractivity contribution >= 4 is 23.7 Å². The topological polar surface area (TPSA) is 143 Å². The van der Waals surface area contributed by atoms with E-state index in [1.165, 1.54) is 0 Å². The van der Waals surface area contributed by atoms with Crippen molar-refractivity contribution in [2.45, 2.75) is 32.7 Å². The van der Waals surface area contributed by atoms with Gasteiger partial charge < -0.3 is 27.0 Å². The van der Waals surface area contributed by atoms with Crippen LogP contribution in [0.4, 0.5) is 0 Å². The molecule has 1 unspecified atom stereocenters. The van der Waals surface area contributed by atoms with Gasteiger partial charge in [0.05, 0.1) is 13.1 Å². The summed E-state index contributed by atoms with van der Waals surface area (Å²) in [5.41, 5.74) is 11.8. The van der Waals surface area contributed by atoms with Crippen molar-refractivity contribution in [2.24, 2.45) is 22.4 Å². The van der Waals surface area contributed by atoms with Gasteiger partial charge in [-0.3, -0.25) is 14.4 Å². The maximum absolute atomic E-state index is 11.9. The average Bonchev–Trinajstić information content (AvgIpc) is 2.69. The fraction of sp³-hybridized carbons (Fsp3) is 0.500. The highest BCUT2D eigenvalue weighted by Crippen LogP contribution is 2.19. The van der Waals surface area contributed by atoms with Crippen molar-refractivity contribution in [3.63, 3.8) is 0 Å². The van der Waals surface area contributed by atoms with Crippen LogP contribution in [0.25, 0.3) is 0 Å². The van der Waals surface area contributed by atoms with Crippen LogP contribution in [-0.4, -0.2) is 54.8 Å². The summed E-state index contributed by atoms with van der Waals surface area (Å²) < 4.78 is 0. The summed E-state index contributed by atoms with van der Waals surface area (Å²) in [7, 11) is 0. The second-order valence-electron chi connectivity index (χ2n) is 7.14. The van der Waals surface area contributed by atoms with E-state index in [4.69, 9.17) is 16.5 Å². The molecule has 0 aliphatic carbocycles. The first kappa shape index (κ1) is 22.2. The molecule has 0 spiro atoms. The molecule has 0 saturated carbocycles. The van der Waals surface area contributed by atoms with E-state index in [-0.39, 0.29) is 24.3 Å². The molecule has 0 radical (unpaired) electrons. The normalized spacial score (nSPS) is 16.9. The molecule has 3 amide bonds. The largest absolute Gasteiger partial charge is 0.370 e. The molecule has 29 heavy (non-hydrogen) atoms. The first-order valence-corrected chi connectivity index (χ1v) is 9.86. The third-order valence-corrected chi connectivity index (χ3v) is 4.69. The number of amides is 3. The zero-order valence-electron chi connectivity index (χ0n) is 16.8. The van der Waals surface area contributed by atoms with Gasteiger partial charge in [-0.25, -0.2) is 4.99 Å². The number of primary amides is 2. The van der Waals surface area contributed by atoms with E-state index in [9.17, 15) is 14.4 Å². The number of aliphatic imine (C=N–C) groups is 1. The lowest BCUT2D eigenvalue weighted by Crippen LogP contribution is -2.47. The van der Waals surface area contributed by atoms with E-state index < -0.39 is 5.91 Å². The molecule has 2 rings (SSSR count).